The Morgan fingerprint density at radius 2 is 1.70 bits per heavy atom. The molecule has 0 aromatic rings. The van der Waals surface area contributed by atoms with Crippen LogP contribution in [0.1, 0.15) is 25.7 Å². The van der Waals surface area contributed by atoms with E-state index in [-0.39, 0.29) is 19.5 Å². The fraction of sp³-hybridized carbons (Fsp3) is 0.444. The van der Waals surface area contributed by atoms with Gasteiger partial charge in [0.15, 0.2) is 0 Å². The van der Waals surface area contributed by atoms with Crippen LogP contribution in [0.4, 0.5) is 0 Å². The second kappa shape index (κ2) is 3.48. The molecule has 1 radical (unpaired) electrons. The second-order valence-corrected chi connectivity index (χ2v) is 2.78. The molecule has 0 N–H and O–H groups in total. The van der Waals surface area contributed by atoms with Crippen LogP contribution in [-0.4, -0.2) is 0 Å². The monoisotopic (exact) mass is 221 g/mol. The third-order valence-electron chi connectivity index (χ3n) is 2.15. The molecule has 0 fully saturated rings. The molecule has 0 aromatic heterocycles. The molecular formula is C9H11Ru. The number of hydrogen-bond donors (Lipinski definition) is 0. The van der Waals surface area contributed by atoms with Crippen LogP contribution in [0.2, 0.25) is 0 Å². The van der Waals surface area contributed by atoms with Crippen molar-refractivity contribution >= 4 is 0 Å². The topological polar surface area (TPSA) is 0 Å². The minimum Gasteiger partial charge on any atom is -0.0761 e. The molecule has 0 nitrogen and oxygen atoms in total. The van der Waals surface area contributed by atoms with Gasteiger partial charge in [-0.15, -0.1) is 0 Å². The van der Waals surface area contributed by atoms with Crippen LogP contribution in [-0.2, 0) is 19.5 Å². The third-order valence-corrected chi connectivity index (χ3v) is 2.15. The van der Waals surface area contributed by atoms with Crippen molar-refractivity contribution in [1.82, 2.24) is 0 Å². The molecule has 0 aromatic carbocycles. The Balaban J connectivity index is 0.000000500. The van der Waals surface area contributed by atoms with Gasteiger partial charge in [0.2, 0.25) is 0 Å². The second-order valence-electron chi connectivity index (χ2n) is 2.78. The molecule has 0 saturated carbocycles. The summed E-state index contributed by atoms with van der Waals surface area (Å²) in [6.07, 6.45) is 12.1. The van der Waals surface area contributed by atoms with E-state index in [4.69, 9.17) is 0 Å². The van der Waals surface area contributed by atoms with Gasteiger partial charge >= 0.3 is 0 Å². The Hall–Kier alpha value is 0.103. The average molecular weight is 220 g/mol. The van der Waals surface area contributed by atoms with Crippen LogP contribution in [0.3, 0.4) is 0 Å². The van der Waals surface area contributed by atoms with Crippen molar-refractivity contribution in [3.63, 3.8) is 0 Å². The fourth-order valence-corrected chi connectivity index (χ4v) is 1.61. The van der Waals surface area contributed by atoms with E-state index < -0.39 is 0 Å². The smallest absolute Gasteiger partial charge is 0.00864 e. The van der Waals surface area contributed by atoms with Gasteiger partial charge in [0.1, 0.15) is 0 Å². The quantitative estimate of drug-likeness (QED) is 0.550. The van der Waals surface area contributed by atoms with Gasteiger partial charge in [-0.3, -0.25) is 0 Å². The Morgan fingerprint density at radius 3 is 2.40 bits per heavy atom. The fourth-order valence-electron chi connectivity index (χ4n) is 1.61. The van der Waals surface area contributed by atoms with E-state index >= 15 is 0 Å². The maximum Gasteiger partial charge on any atom is 0.00864 e. The van der Waals surface area contributed by atoms with Gasteiger partial charge in [-0.1, -0.05) is 17.7 Å². The normalized spacial score (nSPS) is 22.4. The van der Waals surface area contributed by atoms with E-state index in [0.29, 0.717) is 0 Å². The summed E-state index contributed by atoms with van der Waals surface area (Å²) in [5.41, 5.74) is 3.20. The van der Waals surface area contributed by atoms with Gasteiger partial charge in [-0.25, -0.2) is 0 Å². The zero-order chi connectivity index (χ0) is 6.10. The molecule has 2 rings (SSSR count). The average Bonchev–Trinajstić information content (AvgIpc) is 2.33. The van der Waals surface area contributed by atoms with E-state index in [1.165, 1.54) is 25.7 Å². The molecular weight excluding hydrogens is 209 g/mol. The van der Waals surface area contributed by atoms with Crippen molar-refractivity contribution in [2.45, 2.75) is 25.7 Å². The van der Waals surface area contributed by atoms with E-state index in [9.17, 15) is 0 Å². The van der Waals surface area contributed by atoms with E-state index in [0.717, 1.165) is 0 Å². The van der Waals surface area contributed by atoms with Gasteiger partial charge in [0.05, 0.1) is 0 Å². The summed E-state index contributed by atoms with van der Waals surface area (Å²) in [4.78, 5) is 0. The number of hydrogen-bond acceptors (Lipinski definition) is 0. The first kappa shape index (κ1) is 8.20. The molecule has 0 aliphatic heterocycles. The summed E-state index contributed by atoms with van der Waals surface area (Å²) >= 11 is 0. The van der Waals surface area contributed by atoms with Crippen LogP contribution >= 0.6 is 0 Å². The summed E-state index contributed by atoms with van der Waals surface area (Å²) in [7, 11) is 0. The standard InChI is InChI=1S/C9H11.Ru/c1-2-5-9-7-3-6-8(9)4-1;/h3,6-7H,1-2,4-5H2;. The van der Waals surface area contributed by atoms with Gasteiger partial charge in [-0.05, 0) is 31.3 Å². The first-order chi connectivity index (χ1) is 4.47. The summed E-state index contributed by atoms with van der Waals surface area (Å²) in [6.45, 7) is 0. The Kier molecular flexibility index (Phi) is 2.86. The molecule has 0 spiro atoms. The van der Waals surface area contributed by atoms with Gasteiger partial charge in [0, 0.05) is 25.9 Å². The van der Waals surface area contributed by atoms with Crippen LogP contribution < -0.4 is 0 Å². The summed E-state index contributed by atoms with van der Waals surface area (Å²) in [6, 6.07) is 0. The maximum absolute atomic E-state index is 2.26. The number of rotatable bonds is 0. The predicted molar refractivity (Wildman–Crippen MR) is 38.9 cm³/mol. The van der Waals surface area contributed by atoms with Crippen LogP contribution in [0.25, 0.3) is 0 Å². The molecule has 10 heavy (non-hydrogen) atoms. The van der Waals surface area contributed by atoms with E-state index in [2.05, 4.69) is 18.6 Å². The Labute approximate surface area is 75.2 Å². The summed E-state index contributed by atoms with van der Waals surface area (Å²) in [5.74, 6) is 0. The van der Waals surface area contributed by atoms with Gasteiger partial charge in [-0.2, -0.15) is 0 Å². The van der Waals surface area contributed by atoms with Crippen LogP contribution in [0.5, 0.6) is 0 Å². The molecule has 0 heterocycles. The first-order valence-electron chi connectivity index (χ1n) is 3.70. The zero-order valence-electron chi connectivity index (χ0n) is 5.91. The molecule has 2 aliphatic carbocycles. The summed E-state index contributed by atoms with van der Waals surface area (Å²) < 4.78 is 0. The van der Waals surface area contributed by atoms with E-state index in [1.54, 1.807) is 11.1 Å². The van der Waals surface area contributed by atoms with Crippen molar-refractivity contribution in [3.05, 3.63) is 29.7 Å². The molecule has 0 unspecified atom stereocenters. The van der Waals surface area contributed by atoms with Gasteiger partial charge in [0.25, 0.3) is 0 Å². The van der Waals surface area contributed by atoms with Gasteiger partial charge < -0.3 is 0 Å². The number of allylic oxidation sites excluding steroid dienone is 4. The molecule has 0 amide bonds. The van der Waals surface area contributed by atoms with Crippen molar-refractivity contribution in [1.29, 1.82) is 0 Å². The molecule has 1 heteroatoms. The largest absolute Gasteiger partial charge is 0.0761 e. The zero-order valence-corrected chi connectivity index (χ0v) is 7.65. The molecule has 2 aliphatic rings. The third kappa shape index (κ3) is 1.40. The van der Waals surface area contributed by atoms with Crippen molar-refractivity contribution in [3.8, 4) is 0 Å². The summed E-state index contributed by atoms with van der Waals surface area (Å²) in [5, 5.41) is 0. The maximum atomic E-state index is 2.26. The van der Waals surface area contributed by atoms with Crippen molar-refractivity contribution < 1.29 is 19.5 Å². The molecule has 0 saturated heterocycles. The van der Waals surface area contributed by atoms with E-state index in [1.807, 2.05) is 0 Å². The Bertz CT molecular complexity index is 177. The van der Waals surface area contributed by atoms with Crippen LogP contribution in [0, 0.1) is 6.42 Å². The molecule has 0 bridgehead atoms. The molecule has 0 atom stereocenters. The SMILES string of the molecule is [CH]1C=CC2=C1CCCC2.[Ru]. The Morgan fingerprint density at radius 1 is 1.00 bits per heavy atom. The van der Waals surface area contributed by atoms with Crippen LogP contribution in [0.15, 0.2) is 23.3 Å². The molecule has 55 valence electrons. The first-order valence-corrected chi connectivity index (χ1v) is 3.70. The minimum atomic E-state index is 0. The van der Waals surface area contributed by atoms with Crippen molar-refractivity contribution in [2.24, 2.45) is 0 Å². The van der Waals surface area contributed by atoms with Crippen molar-refractivity contribution in [2.75, 3.05) is 0 Å². The predicted octanol–water partition coefficient (Wildman–Crippen LogP) is 2.63. The minimum absolute atomic E-state index is 0.